The summed E-state index contributed by atoms with van der Waals surface area (Å²) < 4.78 is 0. The van der Waals surface area contributed by atoms with E-state index >= 15 is 0 Å². The molecule has 5 nitrogen and oxygen atoms in total. The van der Waals surface area contributed by atoms with Crippen LogP contribution in [0.1, 0.15) is 12.8 Å². The second-order valence-corrected chi connectivity index (χ2v) is 4.24. The molecule has 2 aromatic heterocycles. The van der Waals surface area contributed by atoms with E-state index in [9.17, 15) is 5.11 Å². The van der Waals surface area contributed by atoms with Crippen molar-refractivity contribution in [3.05, 3.63) is 24.5 Å². The number of anilines is 1. The first-order chi connectivity index (χ1) is 8.38. The molecule has 1 fully saturated rings. The molecule has 3 heterocycles. The SMILES string of the molecule is OCC1CCCN1c1ccc2nccnc2n1. The second kappa shape index (κ2) is 4.25. The zero-order valence-corrected chi connectivity index (χ0v) is 9.45. The highest BCUT2D eigenvalue weighted by atomic mass is 16.3. The number of aliphatic hydroxyl groups is 1. The van der Waals surface area contributed by atoms with Crippen molar-refractivity contribution in [1.82, 2.24) is 15.0 Å². The lowest BCUT2D eigenvalue weighted by molar-refractivity contribution is 0.266. The Hall–Kier alpha value is -1.75. The Morgan fingerprint density at radius 3 is 3.06 bits per heavy atom. The lowest BCUT2D eigenvalue weighted by Crippen LogP contribution is -2.32. The first-order valence-electron chi connectivity index (χ1n) is 5.84. The predicted octanol–water partition coefficient (Wildman–Crippen LogP) is 0.986. The minimum atomic E-state index is 0.181. The van der Waals surface area contributed by atoms with Gasteiger partial charge in [-0.3, -0.25) is 4.98 Å². The maximum atomic E-state index is 9.31. The molecule has 0 amide bonds. The van der Waals surface area contributed by atoms with Gasteiger partial charge in [-0.2, -0.15) is 0 Å². The predicted molar refractivity (Wildman–Crippen MR) is 64.8 cm³/mol. The monoisotopic (exact) mass is 230 g/mol. The second-order valence-electron chi connectivity index (χ2n) is 4.24. The van der Waals surface area contributed by atoms with Gasteiger partial charge in [0.2, 0.25) is 0 Å². The summed E-state index contributed by atoms with van der Waals surface area (Å²) in [6, 6.07) is 4.07. The van der Waals surface area contributed by atoms with E-state index in [4.69, 9.17) is 0 Å². The standard InChI is InChI=1S/C12H14N4O/c17-8-9-2-1-7-16(9)11-4-3-10-12(15-11)14-6-5-13-10/h3-6,9,17H,1-2,7-8H2. The Bertz CT molecular complexity index is 531. The average molecular weight is 230 g/mol. The molecule has 2 aromatic rings. The van der Waals surface area contributed by atoms with Gasteiger partial charge >= 0.3 is 0 Å². The first kappa shape index (κ1) is 10.4. The summed E-state index contributed by atoms with van der Waals surface area (Å²) >= 11 is 0. The van der Waals surface area contributed by atoms with Crippen LogP contribution >= 0.6 is 0 Å². The molecule has 0 saturated carbocycles. The molecule has 17 heavy (non-hydrogen) atoms. The van der Waals surface area contributed by atoms with Crippen LogP contribution in [0.4, 0.5) is 5.82 Å². The molecule has 1 saturated heterocycles. The topological polar surface area (TPSA) is 62.1 Å². The number of aliphatic hydroxyl groups excluding tert-OH is 1. The minimum Gasteiger partial charge on any atom is -0.394 e. The molecular weight excluding hydrogens is 216 g/mol. The maximum Gasteiger partial charge on any atom is 0.180 e. The Kier molecular flexibility index (Phi) is 2.60. The first-order valence-corrected chi connectivity index (χ1v) is 5.84. The molecule has 1 aliphatic heterocycles. The zero-order chi connectivity index (χ0) is 11.7. The number of fused-ring (bicyclic) bond motifs is 1. The normalized spacial score (nSPS) is 20.1. The van der Waals surface area contributed by atoms with E-state index < -0.39 is 0 Å². The van der Waals surface area contributed by atoms with Crippen LogP contribution in [0.2, 0.25) is 0 Å². The maximum absolute atomic E-state index is 9.31. The van der Waals surface area contributed by atoms with Crippen molar-refractivity contribution in [1.29, 1.82) is 0 Å². The van der Waals surface area contributed by atoms with E-state index in [1.807, 2.05) is 12.1 Å². The minimum absolute atomic E-state index is 0.181. The average Bonchev–Trinajstić information content (AvgIpc) is 2.86. The van der Waals surface area contributed by atoms with Crippen LogP contribution in [0.5, 0.6) is 0 Å². The Balaban J connectivity index is 2.00. The Labute approximate surface area is 99.1 Å². The van der Waals surface area contributed by atoms with Gasteiger partial charge in [0.15, 0.2) is 5.65 Å². The fourth-order valence-electron chi connectivity index (χ4n) is 2.33. The van der Waals surface area contributed by atoms with Gasteiger partial charge < -0.3 is 10.0 Å². The van der Waals surface area contributed by atoms with Gasteiger partial charge in [0.1, 0.15) is 11.3 Å². The Morgan fingerprint density at radius 1 is 1.29 bits per heavy atom. The van der Waals surface area contributed by atoms with E-state index in [0.29, 0.717) is 5.65 Å². The number of aromatic nitrogens is 3. The van der Waals surface area contributed by atoms with E-state index in [0.717, 1.165) is 30.7 Å². The van der Waals surface area contributed by atoms with E-state index in [-0.39, 0.29) is 12.6 Å². The summed E-state index contributed by atoms with van der Waals surface area (Å²) in [6.07, 6.45) is 5.44. The van der Waals surface area contributed by atoms with Crippen molar-refractivity contribution in [3.8, 4) is 0 Å². The summed E-state index contributed by atoms with van der Waals surface area (Å²) in [6.45, 7) is 1.13. The number of hydrogen-bond acceptors (Lipinski definition) is 5. The van der Waals surface area contributed by atoms with Crippen molar-refractivity contribution in [2.24, 2.45) is 0 Å². The lowest BCUT2D eigenvalue weighted by atomic mass is 10.2. The number of pyridine rings is 1. The highest BCUT2D eigenvalue weighted by molar-refractivity contribution is 5.71. The van der Waals surface area contributed by atoms with Crippen molar-refractivity contribution in [2.75, 3.05) is 18.1 Å². The fourth-order valence-corrected chi connectivity index (χ4v) is 2.33. The molecule has 88 valence electrons. The van der Waals surface area contributed by atoms with Crippen molar-refractivity contribution in [3.63, 3.8) is 0 Å². The molecule has 1 atom stereocenters. The molecule has 0 aliphatic carbocycles. The number of rotatable bonds is 2. The third-order valence-electron chi connectivity index (χ3n) is 3.20. The molecule has 3 rings (SSSR count). The molecule has 1 aliphatic rings. The molecule has 0 aromatic carbocycles. The molecular formula is C12H14N4O. The van der Waals surface area contributed by atoms with E-state index in [1.165, 1.54) is 0 Å². The van der Waals surface area contributed by atoms with Gasteiger partial charge in [-0.05, 0) is 25.0 Å². The summed E-state index contributed by atoms with van der Waals surface area (Å²) in [5, 5.41) is 9.31. The zero-order valence-electron chi connectivity index (χ0n) is 9.45. The van der Waals surface area contributed by atoms with Gasteiger partial charge in [-0.15, -0.1) is 0 Å². The van der Waals surface area contributed by atoms with Gasteiger partial charge in [0.05, 0.1) is 12.6 Å². The van der Waals surface area contributed by atoms with Gasteiger partial charge in [-0.25, -0.2) is 9.97 Å². The molecule has 0 bridgehead atoms. The van der Waals surface area contributed by atoms with E-state index in [2.05, 4.69) is 19.9 Å². The lowest BCUT2D eigenvalue weighted by Gasteiger charge is -2.23. The number of hydrogen-bond donors (Lipinski definition) is 1. The van der Waals surface area contributed by atoms with Crippen LogP contribution in [-0.2, 0) is 0 Å². The fraction of sp³-hybridized carbons (Fsp3) is 0.417. The van der Waals surface area contributed by atoms with Gasteiger partial charge in [-0.1, -0.05) is 0 Å². The summed E-state index contributed by atoms with van der Waals surface area (Å²) in [5.74, 6) is 0.884. The summed E-state index contributed by atoms with van der Waals surface area (Å²) in [4.78, 5) is 15.0. The third-order valence-corrected chi connectivity index (χ3v) is 3.20. The van der Waals surface area contributed by atoms with Crippen LogP contribution in [0, 0.1) is 0 Å². The van der Waals surface area contributed by atoms with Crippen LogP contribution in [0.3, 0.4) is 0 Å². The summed E-state index contributed by atoms with van der Waals surface area (Å²) in [7, 11) is 0. The van der Waals surface area contributed by atoms with Crippen molar-refractivity contribution in [2.45, 2.75) is 18.9 Å². The highest BCUT2D eigenvalue weighted by Crippen LogP contribution is 2.24. The van der Waals surface area contributed by atoms with Crippen LogP contribution in [0.25, 0.3) is 11.2 Å². The smallest absolute Gasteiger partial charge is 0.180 e. The van der Waals surface area contributed by atoms with Crippen molar-refractivity contribution >= 4 is 17.0 Å². The van der Waals surface area contributed by atoms with Crippen LogP contribution in [0.15, 0.2) is 24.5 Å². The van der Waals surface area contributed by atoms with Crippen LogP contribution < -0.4 is 4.90 Å². The molecule has 0 spiro atoms. The molecule has 0 radical (unpaired) electrons. The quantitative estimate of drug-likeness (QED) is 0.833. The summed E-state index contributed by atoms with van der Waals surface area (Å²) in [5.41, 5.74) is 1.46. The molecule has 1 unspecified atom stereocenters. The van der Waals surface area contributed by atoms with Crippen molar-refractivity contribution < 1.29 is 5.11 Å². The Morgan fingerprint density at radius 2 is 2.18 bits per heavy atom. The van der Waals surface area contributed by atoms with Crippen LogP contribution in [-0.4, -0.2) is 39.3 Å². The highest BCUT2D eigenvalue weighted by Gasteiger charge is 2.24. The largest absolute Gasteiger partial charge is 0.394 e. The van der Waals surface area contributed by atoms with E-state index in [1.54, 1.807) is 12.4 Å². The molecule has 1 N–H and O–H groups in total. The third kappa shape index (κ3) is 1.82. The van der Waals surface area contributed by atoms with Gasteiger partial charge in [0.25, 0.3) is 0 Å². The number of nitrogens with zero attached hydrogens (tertiary/aromatic N) is 4. The van der Waals surface area contributed by atoms with Gasteiger partial charge in [0, 0.05) is 18.9 Å². The molecule has 5 heteroatoms.